The molecule has 1 aromatic rings. The lowest BCUT2D eigenvalue weighted by atomic mass is 10.1. The highest BCUT2D eigenvalue weighted by Gasteiger charge is 2.26. The van der Waals surface area contributed by atoms with Gasteiger partial charge in [-0.15, -0.1) is 0 Å². The first kappa shape index (κ1) is 18.8. The van der Waals surface area contributed by atoms with Crippen LogP contribution >= 0.6 is 0 Å². The van der Waals surface area contributed by atoms with Crippen LogP contribution in [0.3, 0.4) is 0 Å². The van der Waals surface area contributed by atoms with Crippen LogP contribution < -0.4 is 16.3 Å². The van der Waals surface area contributed by atoms with Crippen molar-refractivity contribution in [2.75, 3.05) is 13.1 Å². The van der Waals surface area contributed by atoms with E-state index in [2.05, 4.69) is 24.5 Å². The van der Waals surface area contributed by atoms with Gasteiger partial charge in [0.1, 0.15) is 0 Å². The zero-order chi connectivity index (χ0) is 16.9. The average molecular weight is 312 g/mol. The standard InChI is InChI=1S/C16H32N4O2/c1-7-9-17-12(5)19-14(11(3)4)15(21)20(16(19)22)13(6)18-10-8-2/h11-13,17-18,21H,7-10H2,1-6H3. The topological polar surface area (TPSA) is 71.2 Å². The van der Waals surface area contributed by atoms with Gasteiger partial charge in [-0.3, -0.25) is 15.2 Å². The van der Waals surface area contributed by atoms with Crippen molar-refractivity contribution in [3.8, 4) is 5.88 Å². The van der Waals surface area contributed by atoms with Crippen molar-refractivity contribution in [1.82, 2.24) is 19.8 Å². The van der Waals surface area contributed by atoms with Crippen LogP contribution in [0.25, 0.3) is 0 Å². The lowest BCUT2D eigenvalue weighted by molar-refractivity contribution is 0.346. The third kappa shape index (κ3) is 3.93. The van der Waals surface area contributed by atoms with E-state index in [0.29, 0.717) is 5.69 Å². The molecule has 3 N–H and O–H groups in total. The van der Waals surface area contributed by atoms with Crippen LogP contribution in [0.4, 0.5) is 0 Å². The first-order valence-corrected chi connectivity index (χ1v) is 8.39. The minimum Gasteiger partial charge on any atom is -0.493 e. The van der Waals surface area contributed by atoms with Crippen molar-refractivity contribution >= 4 is 0 Å². The molecule has 0 saturated heterocycles. The lowest BCUT2D eigenvalue weighted by Crippen LogP contribution is -2.38. The normalized spacial score (nSPS) is 14.5. The first-order valence-electron chi connectivity index (χ1n) is 8.39. The van der Waals surface area contributed by atoms with Crippen LogP contribution in [0.5, 0.6) is 5.88 Å². The second kappa shape index (κ2) is 8.39. The molecular formula is C16H32N4O2. The Kier molecular flexibility index (Phi) is 7.16. The second-order valence-corrected chi connectivity index (χ2v) is 6.15. The van der Waals surface area contributed by atoms with Crippen LogP contribution in [0.2, 0.25) is 0 Å². The molecule has 0 aliphatic heterocycles. The molecule has 6 nitrogen and oxygen atoms in total. The summed E-state index contributed by atoms with van der Waals surface area (Å²) in [6, 6.07) is 0. The van der Waals surface area contributed by atoms with Gasteiger partial charge in [0.2, 0.25) is 5.88 Å². The van der Waals surface area contributed by atoms with Gasteiger partial charge in [-0.2, -0.15) is 0 Å². The van der Waals surface area contributed by atoms with Gasteiger partial charge in [-0.05, 0) is 45.7 Å². The van der Waals surface area contributed by atoms with E-state index in [0.717, 1.165) is 25.9 Å². The summed E-state index contributed by atoms with van der Waals surface area (Å²) in [4.78, 5) is 12.8. The van der Waals surface area contributed by atoms with Crippen molar-refractivity contribution in [1.29, 1.82) is 0 Å². The first-order chi connectivity index (χ1) is 10.4. The molecule has 1 heterocycles. The second-order valence-electron chi connectivity index (χ2n) is 6.15. The van der Waals surface area contributed by atoms with Gasteiger partial charge >= 0.3 is 5.69 Å². The zero-order valence-corrected chi connectivity index (χ0v) is 14.8. The van der Waals surface area contributed by atoms with Crippen LogP contribution in [0.15, 0.2) is 4.79 Å². The van der Waals surface area contributed by atoms with Crippen molar-refractivity contribution in [3.63, 3.8) is 0 Å². The summed E-state index contributed by atoms with van der Waals surface area (Å²) in [5, 5.41) is 17.2. The van der Waals surface area contributed by atoms with Gasteiger partial charge in [-0.1, -0.05) is 27.7 Å². The largest absolute Gasteiger partial charge is 0.493 e. The third-order valence-corrected chi connectivity index (χ3v) is 3.83. The fourth-order valence-corrected chi connectivity index (χ4v) is 2.69. The minimum atomic E-state index is -0.232. The summed E-state index contributed by atoms with van der Waals surface area (Å²) >= 11 is 0. The van der Waals surface area contributed by atoms with E-state index in [1.165, 1.54) is 4.57 Å². The third-order valence-electron chi connectivity index (χ3n) is 3.83. The lowest BCUT2D eigenvalue weighted by Gasteiger charge is -2.18. The summed E-state index contributed by atoms with van der Waals surface area (Å²) in [6.45, 7) is 13.6. The summed E-state index contributed by atoms with van der Waals surface area (Å²) in [5.41, 5.74) is 0.514. The number of nitrogens with zero attached hydrogens (tertiary/aromatic N) is 2. The molecule has 128 valence electrons. The van der Waals surface area contributed by atoms with E-state index in [-0.39, 0.29) is 29.8 Å². The van der Waals surface area contributed by atoms with Crippen molar-refractivity contribution in [2.24, 2.45) is 0 Å². The zero-order valence-electron chi connectivity index (χ0n) is 14.8. The average Bonchev–Trinajstić information content (AvgIpc) is 2.73. The van der Waals surface area contributed by atoms with E-state index in [1.807, 2.05) is 27.7 Å². The summed E-state index contributed by atoms with van der Waals surface area (Å²) < 4.78 is 3.13. The monoisotopic (exact) mass is 312 g/mol. The molecule has 2 unspecified atom stereocenters. The van der Waals surface area contributed by atoms with E-state index >= 15 is 0 Å². The molecule has 2 atom stereocenters. The van der Waals surface area contributed by atoms with E-state index in [1.54, 1.807) is 4.57 Å². The maximum absolute atomic E-state index is 12.8. The summed E-state index contributed by atoms with van der Waals surface area (Å²) in [5.74, 6) is 0.138. The smallest absolute Gasteiger partial charge is 0.333 e. The summed E-state index contributed by atoms with van der Waals surface area (Å²) in [6.07, 6.45) is 1.60. The number of rotatable bonds is 9. The fourth-order valence-electron chi connectivity index (χ4n) is 2.69. The predicted octanol–water partition coefficient (Wildman–Crippen LogP) is 2.52. The van der Waals surface area contributed by atoms with E-state index in [4.69, 9.17) is 0 Å². The molecule has 0 aliphatic carbocycles. The van der Waals surface area contributed by atoms with Crippen LogP contribution in [-0.4, -0.2) is 27.3 Å². The highest BCUT2D eigenvalue weighted by atomic mass is 16.3. The number of imidazole rings is 1. The Morgan fingerprint density at radius 3 is 1.82 bits per heavy atom. The Morgan fingerprint density at radius 1 is 0.955 bits per heavy atom. The van der Waals surface area contributed by atoms with Crippen LogP contribution in [0, 0.1) is 0 Å². The van der Waals surface area contributed by atoms with Crippen molar-refractivity contribution in [3.05, 3.63) is 16.2 Å². The van der Waals surface area contributed by atoms with Gasteiger partial charge < -0.3 is 5.11 Å². The van der Waals surface area contributed by atoms with Crippen molar-refractivity contribution in [2.45, 2.75) is 72.6 Å². The van der Waals surface area contributed by atoms with Crippen molar-refractivity contribution < 1.29 is 5.11 Å². The molecule has 0 aromatic carbocycles. The predicted molar refractivity (Wildman–Crippen MR) is 90.5 cm³/mol. The Labute approximate surface area is 133 Å². The molecule has 1 rings (SSSR count). The highest BCUT2D eigenvalue weighted by Crippen LogP contribution is 2.28. The van der Waals surface area contributed by atoms with Gasteiger partial charge in [0.05, 0.1) is 18.0 Å². The number of hydrogen-bond acceptors (Lipinski definition) is 4. The van der Waals surface area contributed by atoms with Gasteiger partial charge in [-0.25, -0.2) is 9.36 Å². The molecule has 0 amide bonds. The molecule has 0 spiro atoms. The van der Waals surface area contributed by atoms with Gasteiger partial charge in [0.25, 0.3) is 0 Å². The van der Waals surface area contributed by atoms with Gasteiger partial charge in [0.15, 0.2) is 0 Å². The molecule has 0 saturated carbocycles. The summed E-state index contributed by atoms with van der Waals surface area (Å²) in [7, 11) is 0. The Balaban J connectivity index is 3.28. The van der Waals surface area contributed by atoms with E-state index in [9.17, 15) is 9.90 Å². The molecule has 0 fully saturated rings. The molecule has 22 heavy (non-hydrogen) atoms. The Hall–Kier alpha value is -1.27. The molecule has 0 aliphatic rings. The molecular weight excluding hydrogens is 280 g/mol. The molecule has 1 aromatic heterocycles. The van der Waals surface area contributed by atoms with Crippen LogP contribution in [-0.2, 0) is 0 Å². The Morgan fingerprint density at radius 2 is 1.41 bits per heavy atom. The molecule has 6 heteroatoms. The van der Waals surface area contributed by atoms with E-state index < -0.39 is 0 Å². The number of aromatic hydroxyl groups is 1. The number of hydrogen-bond donors (Lipinski definition) is 3. The van der Waals surface area contributed by atoms with Gasteiger partial charge in [0, 0.05) is 0 Å². The maximum atomic E-state index is 12.8. The Bertz CT molecular complexity index is 519. The number of nitrogens with one attached hydrogen (secondary N) is 2. The minimum absolute atomic E-state index is 0.0678. The maximum Gasteiger partial charge on any atom is 0.333 e. The SMILES string of the molecule is CCCNC(C)n1c(O)c(C(C)C)n(C(C)NCCC)c1=O. The quantitative estimate of drug-likeness (QED) is 0.655. The van der Waals surface area contributed by atoms with Crippen LogP contribution in [0.1, 0.15) is 78.3 Å². The molecule has 0 radical (unpaired) electrons. The fraction of sp³-hybridized carbons (Fsp3) is 0.812. The number of aromatic nitrogens is 2. The highest BCUT2D eigenvalue weighted by molar-refractivity contribution is 5.25. The molecule has 0 bridgehead atoms.